The van der Waals surface area contributed by atoms with Gasteiger partial charge in [0.1, 0.15) is 6.54 Å². The number of hydrogen-bond donors (Lipinski definition) is 2. The molecule has 0 fully saturated rings. The van der Waals surface area contributed by atoms with E-state index in [1.54, 1.807) is 18.2 Å². The zero-order chi connectivity index (χ0) is 21.0. The Kier molecular flexibility index (Phi) is 5.97. The first kappa shape index (κ1) is 20.1. The van der Waals surface area contributed by atoms with Crippen LogP contribution in [-0.4, -0.2) is 31.4 Å². The number of fused-ring (bicyclic) bond motifs is 1. The Hall–Kier alpha value is -3.61. The third-order valence-corrected chi connectivity index (χ3v) is 4.57. The van der Waals surface area contributed by atoms with Crippen molar-refractivity contribution in [1.82, 2.24) is 0 Å². The maximum Gasteiger partial charge on any atom is 0.311 e. The van der Waals surface area contributed by atoms with Crippen LogP contribution in [0, 0.1) is 13.8 Å². The van der Waals surface area contributed by atoms with Crippen molar-refractivity contribution in [3.8, 4) is 0 Å². The molecule has 0 bridgehead atoms. The summed E-state index contributed by atoms with van der Waals surface area (Å²) in [5.74, 6) is -1.17. The molecule has 2 N–H and O–H groups in total. The minimum atomic E-state index is -0.463. The Labute approximate surface area is 169 Å². The SMILES string of the molecule is COC(=O)CC1=CC(=O)N(CC(=O)Nc2ccc(C)cc2C)c2ccccc2N1. The van der Waals surface area contributed by atoms with Gasteiger partial charge < -0.3 is 15.4 Å². The summed E-state index contributed by atoms with van der Waals surface area (Å²) in [6, 6.07) is 12.9. The van der Waals surface area contributed by atoms with Crippen LogP contribution in [-0.2, 0) is 19.1 Å². The van der Waals surface area contributed by atoms with Crippen LogP contribution >= 0.6 is 0 Å². The monoisotopic (exact) mass is 393 g/mol. The number of ether oxygens (including phenoxy) is 1. The van der Waals surface area contributed by atoms with E-state index >= 15 is 0 Å². The van der Waals surface area contributed by atoms with Gasteiger partial charge in [0.2, 0.25) is 5.91 Å². The predicted octanol–water partition coefficient (Wildman–Crippen LogP) is 3.15. The number of carbonyl (C=O) groups is 3. The molecular formula is C22H23N3O4. The van der Waals surface area contributed by atoms with Crippen molar-refractivity contribution in [1.29, 1.82) is 0 Å². The summed E-state index contributed by atoms with van der Waals surface area (Å²) in [6.07, 6.45) is 1.25. The van der Waals surface area contributed by atoms with Crippen molar-refractivity contribution < 1.29 is 19.1 Å². The lowest BCUT2D eigenvalue weighted by atomic mass is 10.1. The molecular weight excluding hydrogens is 370 g/mol. The van der Waals surface area contributed by atoms with Gasteiger partial charge in [-0.1, -0.05) is 29.8 Å². The van der Waals surface area contributed by atoms with Crippen molar-refractivity contribution in [2.75, 3.05) is 29.2 Å². The normalized spacial score (nSPS) is 13.0. The number of rotatable bonds is 5. The van der Waals surface area contributed by atoms with E-state index in [4.69, 9.17) is 0 Å². The maximum atomic E-state index is 12.8. The molecule has 0 atom stereocenters. The highest BCUT2D eigenvalue weighted by Gasteiger charge is 2.25. The number of anilines is 3. The first-order chi connectivity index (χ1) is 13.9. The number of amides is 2. The second-order valence-electron chi connectivity index (χ2n) is 6.86. The van der Waals surface area contributed by atoms with Gasteiger partial charge in [-0.05, 0) is 37.6 Å². The molecule has 2 amide bonds. The number of benzene rings is 2. The Balaban J connectivity index is 1.84. The smallest absolute Gasteiger partial charge is 0.311 e. The van der Waals surface area contributed by atoms with Crippen molar-refractivity contribution in [2.45, 2.75) is 20.3 Å². The lowest BCUT2D eigenvalue weighted by Gasteiger charge is -2.22. The fraction of sp³-hybridized carbons (Fsp3) is 0.227. The summed E-state index contributed by atoms with van der Waals surface area (Å²) in [6.45, 7) is 3.74. The predicted molar refractivity (Wildman–Crippen MR) is 112 cm³/mol. The summed E-state index contributed by atoms with van der Waals surface area (Å²) >= 11 is 0. The fourth-order valence-electron chi connectivity index (χ4n) is 3.14. The van der Waals surface area contributed by atoms with E-state index < -0.39 is 11.9 Å². The summed E-state index contributed by atoms with van der Waals surface area (Å²) < 4.78 is 4.69. The molecule has 1 heterocycles. The Morgan fingerprint density at radius 1 is 1.14 bits per heavy atom. The molecule has 0 unspecified atom stereocenters. The van der Waals surface area contributed by atoms with Gasteiger partial charge in [-0.2, -0.15) is 0 Å². The molecule has 0 radical (unpaired) electrons. The van der Waals surface area contributed by atoms with Gasteiger partial charge in [-0.3, -0.25) is 19.3 Å². The average molecular weight is 393 g/mol. The minimum Gasteiger partial charge on any atom is -0.469 e. The second-order valence-corrected chi connectivity index (χ2v) is 6.86. The average Bonchev–Trinajstić information content (AvgIpc) is 2.80. The standard InChI is InChI=1S/C22H23N3O4/c1-14-8-9-17(15(2)10-14)24-20(26)13-25-19-7-5-4-6-18(19)23-16(11-21(25)27)12-22(28)29-3/h4-11,23H,12-13H2,1-3H3,(H,24,26). The molecule has 2 aromatic carbocycles. The van der Waals surface area contributed by atoms with Crippen molar-refractivity contribution in [2.24, 2.45) is 0 Å². The molecule has 3 rings (SSSR count). The lowest BCUT2D eigenvalue weighted by Crippen LogP contribution is -2.37. The number of carbonyl (C=O) groups excluding carboxylic acids is 3. The number of para-hydroxylation sites is 2. The highest BCUT2D eigenvalue weighted by Crippen LogP contribution is 2.30. The first-order valence-electron chi connectivity index (χ1n) is 9.19. The fourth-order valence-corrected chi connectivity index (χ4v) is 3.14. The summed E-state index contributed by atoms with van der Waals surface area (Å²) in [7, 11) is 1.29. The Bertz CT molecular complexity index is 997. The molecule has 29 heavy (non-hydrogen) atoms. The molecule has 150 valence electrons. The van der Waals surface area contributed by atoms with Gasteiger partial charge in [0, 0.05) is 17.5 Å². The quantitative estimate of drug-likeness (QED) is 0.762. The Morgan fingerprint density at radius 2 is 1.90 bits per heavy atom. The number of hydrogen-bond acceptors (Lipinski definition) is 5. The highest BCUT2D eigenvalue weighted by atomic mass is 16.5. The number of esters is 1. The molecule has 7 heteroatoms. The molecule has 7 nitrogen and oxygen atoms in total. The van der Waals surface area contributed by atoms with E-state index in [0.717, 1.165) is 11.1 Å². The van der Waals surface area contributed by atoms with E-state index in [-0.39, 0.29) is 18.9 Å². The minimum absolute atomic E-state index is 0.0703. The molecule has 0 aliphatic carbocycles. The number of nitrogens with zero attached hydrogens (tertiary/aromatic N) is 1. The van der Waals surface area contributed by atoms with Crippen LogP contribution in [0.4, 0.5) is 17.1 Å². The van der Waals surface area contributed by atoms with Crippen LogP contribution in [0.25, 0.3) is 0 Å². The highest BCUT2D eigenvalue weighted by molar-refractivity contribution is 6.10. The van der Waals surface area contributed by atoms with Gasteiger partial charge in [-0.15, -0.1) is 0 Å². The maximum absolute atomic E-state index is 12.8. The van der Waals surface area contributed by atoms with Gasteiger partial charge >= 0.3 is 5.97 Å². The van der Waals surface area contributed by atoms with E-state index in [0.29, 0.717) is 22.8 Å². The van der Waals surface area contributed by atoms with Crippen LogP contribution in [0.3, 0.4) is 0 Å². The van der Waals surface area contributed by atoms with E-state index in [1.165, 1.54) is 18.1 Å². The zero-order valence-corrected chi connectivity index (χ0v) is 16.6. The first-order valence-corrected chi connectivity index (χ1v) is 9.19. The van der Waals surface area contributed by atoms with E-state index in [9.17, 15) is 14.4 Å². The summed E-state index contributed by atoms with van der Waals surface area (Å²) in [4.78, 5) is 38.5. The van der Waals surface area contributed by atoms with Crippen molar-refractivity contribution in [3.05, 3.63) is 65.4 Å². The number of methoxy groups -OCH3 is 1. The molecule has 0 saturated heterocycles. The Morgan fingerprint density at radius 3 is 2.62 bits per heavy atom. The van der Waals surface area contributed by atoms with Crippen molar-refractivity contribution >= 4 is 34.8 Å². The lowest BCUT2D eigenvalue weighted by molar-refractivity contribution is -0.139. The number of nitrogens with one attached hydrogen (secondary N) is 2. The van der Waals surface area contributed by atoms with Crippen molar-refractivity contribution in [3.63, 3.8) is 0 Å². The van der Waals surface area contributed by atoms with E-state index in [1.807, 2.05) is 38.1 Å². The molecule has 0 aromatic heterocycles. The van der Waals surface area contributed by atoms with Gasteiger partial charge in [-0.25, -0.2) is 0 Å². The van der Waals surface area contributed by atoms with Gasteiger partial charge in [0.15, 0.2) is 0 Å². The van der Waals surface area contributed by atoms with Crippen LogP contribution in [0.5, 0.6) is 0 Å². The molecule has 1 aliphatic heterocycles. The van der Waals surface area contributed by atoms with Crippen LogP contribution < -0.4 is 15.5 Å². The molecule has 0 spiro atoms. The third-order valence-electron chi connectivity index (χ3n) is 4.57. The number of aryl methyl sites for hydroxylation is 2. The van der Waals surface area contributed by atoms with E-state index in [2.05, 4.69) is 15.4 Å². The van der Waals surface area contributed by atoms with Crippen LogP contribution in [0.2, 0.25) is 0 Å². The molecule has 1 aliphatic rings. The summed E-state index contributed by atoms with van der Waals surface area (Å²) in [5, 5.41) is 5.95. The topological polar surface area (TPSA) is 87.7 Å². The molecule has 0 saturated carbocycles. The van der Waals surface area contributed by atoms with Crippen LogP contribution in [0.15, 0.2) is 54.2 Å². The third kappa shape index (κ3) is 4.82. The van der Waals surface area contributed by atoms with Gasteiger partial charge in [0.05, 0.1) is 24.9 Å². The van der Waals surface area contributed by atoms with Crippen LogP contribution in [0.1, 0.15) is 17.5 Å². The second kappa shape index (κ2) is 8.60. The largest absolute Gasteiger partial charge is 0.469 e. The molecule has 2 aromatic rings. The zero-order valence-electron chi connectivity index (χ0n) is 16.6. The summed E-state index contributed by atoms with van der Waals surface area (Å²) in [5.41, 5.74) is 4.36. The van der Waals surface area contributed by atoms with Gasteiger partial charge in [0.25, 0.3) is 5.91 Å².